The van der Waals surface area contributed by atoms with Crippen LogP contribution in [0, 0.1) is 11.3 Å². The number of piperazine rings is 1. The number of halogens is 1. The molecular weight excluding hydrogens is 894 g/mol. The highest BCUT2D eigenvalue weighted by Crippen LogP contribution is 2.41. The number of carbonyl (C=O) groups excluding carboxylic acids is 3. The lowest BCUT2D eigenvalue weighted by Crippen LogP contribution is -2.50. The molecule has 3 aromatic rings. The first-order valence-corrected chi connectivity index (χ1v) is 25.7. The van der Waals surface area contributed by atoms with Gasteiger partial charge in [-0.15, -0.1) is 0 Å². The number of carbonyl (C=O) groups is 3. The highest BCUT2D eigenvalue weighted by Gasteiger charge is 2.40. The number of benzene rings is 3. The number of likely N-dealkylation sites (tertiary alicyclic amines) is 2. The van der Waals surface area contributed by atoms with Crippen LogP contribution in [0.15, 0.2) is 76.5 Å². The summed E-state index contributed by atoms with van der Waals surface area (Å²) in [5.74, 6) is 0.409. The quantitative estimate of drug-likeness (QED) is 0.124. The fourth-order valence-corrected chi connectivity index (χ4v) is 11.9. The van der Waals surface area contributed by atoms with E-state index in [1.807, 2.05) is 6.07 Å². The van der Waals surface area contributed by atoms with Gasteiger partial charge in [-0.3, -0.25) is 14.5 Å². The third-order valence-corrected chi connectivity index (χ3v) is 15.8. The first-order valence-electron chi connectivity index (χ1n) is 22.4. The summed E-state index contributed by atoms with van der Waals surface area (Å²) >= 11 is 6.42. The van der Waals surface area contributed by atoms with Crippen LogP contribution in [-0.2, 0) is 36.1 Å². The monoisotopic (exact) mass is 951 g/mol. The van der Waals surface area contributed by atoms with Crippen molar-refractivity contribution in [2.45, 2.75) is 91.8 Å². The van der Waals surface area contributed by atoms with Crippen molar-refractivity contribution in [2.24, 2.45) is 0 Å². The maximum Gasteiger partial charge on any atom is 0.314 e. The highest BCUT2D eigenvalue weighted by atomic mass is 35.5. The first kappa shape index (κ1) is 48.1. The van der Waals surface area contributed by atoms with Gasteiger partial charge in [0.15, 0.2) is 0 Å². The maximum atomic E-state index is 13.4. The van der Waals surface area contributed by atoms with Crippen LogP contribution in [0.3, 0.4) is 0 Å². The maximum absolute atomic E-state index is 13.4. The molecule has 0 spiro atoms. The largest absolute Gasteiger partial charge is 0.484 e. The van der Waals surface area contributed by atoms with E-state index >= 15 is 0 Å². The van der Waals surface area contributed by atoms with Gasteiger partial charge in [0.25, 0.3) is 0 Å². The fourth-order valence-electron chi connectivity index (χ4n) is 9.01. The minimum Gasteiger partial charge on any atom is -0.484 e. The zero-order chi connectivity index (χ0) is 46.0. The zero-order valence-corrected chi connectivity index (χ0v) is 38.7. The number of urea groups is 1. The summed E-state index contributed by atoms with van der Waals surface area (Å²) in [6.45, 7) is 5.71. The van der Waals surface area contributed by atoms with Crippen LogP contribution < -0.4 is 30.1 Å². The van der Waals surface area contributed by atoms with Gasteiger partial charge in [0.05, 0.1) is 27.5 Å². The molecule has 0 radical (unpaired) electrons. The Hall–Kier alpha value is -4.81. The molecule has 4 aliphatic rings. The Balaban J connectivity index is 0.763. The van der Waals surface area contributed by atoms with E-state index in [0.29, 0.717) is 101 Å². The number of hydrogen-bond donors (Lipinski definition) is 5. The van der Waals surface area contributed by atoms with E-state index in [1.165, 1.54) is 12.1 Å². The lowest BCUT2D eigenvalue weighted by Gasteiger charge is -2.36. The fraction of sp³-hybridized carbons (Fsp3) is 0.511. The second kappa shape index (κ2) is 22.1. The van der Waals surface area contributed by atoms with Crippen molar-refractivity contribution in [1.29, 1.82) is 5.26 Å². The van der Waals surface area contributed by atoms with Crippen LogP contribution in [0.4, 0.5) is 4.79 Å². The van der Waals surface area contributed by atoms with Crippen molar-refractivity contribution in [3.05, 3.63) is 88.4 Å². The number of ether oxygens (including phenoxy) is 1. The van der Waals surface area contributed by atoms with Crippen LogP contribution >= 0.6 is 11.6 Å². The smallest absolute Gasteiger partial charge is 0.314 e. The van der Waals surface area contributed by atoms with E-state index in [1.54, 1.807) is 58.3 Å². The van der Waals surface area contributed by atoms with Crippen LogP contribution in [0.2, 0.25) is 5.02 Å². The van der Waals surface area contributed by atoms with Crippen LogP contribution in [0.5, 0.6) is 5.75 Å². The molecular formula is C45H58ClN9O8S2. The second-order valence-corrected chi connectivity index (χ2v) is 20.8. The minimum atomic E-state index is -3.85. The Bertz CT molecular complexity index is 2400. The number of rotatable bonds is 17. The summed E-state index contributed by atoms with van der Waals surface area (Å²) in [4.78, 5) is 44.1. The lowest BCUT2D eigenvalue weighted by atomic mass is 10.0. The number of fused-ring (bicyclic) bond motifs is 1. The Morgan fingerprint density at radius 2 is 1.26 bits per heavy atom. The standard InChI is InChI=1S/C45H58ClN9O8S2/c46-33-28-32(31-47)39-30-41(53-26-20-48-21-27-53)44(40(39)29-33)63-36-10-12-38(13-11-36)65(61,62)52-35-16-24-55(25-17-35)43(57)9-5-19-50-45(58)49-18-4-8-42(56)54-22-14-34(15-23-54)51-64(59,60)37-6-2-1-3-7-37/h1-3,6-7,10-13,28-29,34-35,41,44,48,51-52H,4-5,8-9,14-27,30H2,(H2,49,50,58)/t41-,44-/m0/s1. The summed E-state index contributed by atoms with van der Waals surface area (Å²) in [6.07, 6.45) is 3.63. The summed E-state index contributed by atoms with van der Waals surface area (Å²) in [6, 6.07) is 19.4. The first-order chi connectivity index (χ1) is 31.3. The molecule has 350 valence electrons. The van der Waals surface area contributed by atoms with Gasteiger partial charge in [-0.1, -0.05) is 29.8 Å². The second-order valence-electron chi connectivity index (χ2n) is 17.0. The third kappa shape index (κ3) is 12.8. The average molecular weight is 953 g/mol. The minimum absolute atomic E-state index is 0.00447. The Morgan fingerprint density at radius 1 is 0.738 bits per heavy atom. The molecule has 3 heterocycles. The van der Waals surface area contributed by atoms with Crippen molar-refractivity contribution in [1.82, 2.24) is 40.1 Å². The van der Waals surface area contributed by atoms with Crippen molar-refractivity contribution in [2.75, 3.05) is 65.4 Å². The topological polar surface area (TPSA) is 222 Å². The van der Waals surface area contributed by atoms with Gasteiger partial charge in [-0.25, -0.2) is 31.1 Å². The van der Waals surface area contributed by atoms with Gasteiger partial charge in [-0.2, -0.15) is 5.26 Å². The molecule has 0 saturated carbocycles. The van der Waals surface area contributed by atoms with E-state index in [4.69, 9.17) is 16.3 Å². The molecule has 4 amide bonds. The predicted octanol–water partition coefficient (Wildman–Crippen LogP) is 3.26. The molecule has 0 bridgehead atoms. The molecule has 65 heavy (non-hydrogen) atoms. The van der Waals surface area contributed by atoms with E-state index in [-0.39, 0.29) is 64.7 Å². The molecule has 3 aromatic carbocycles. The van der Waals surface area contributed by atoms with Gasteiger partial charge in [-0.05, 0) is 105 Å². The van der Waals surface area contributed by atoms with Gasteiger partial charge >= 0.3 is 6.03 Å². The number of amides is 4. The Labute approximate surface area is 386 Å². The number of nitrogens with zero attached hydrogens (tertiary/aromatic N) is 4. The number of hydrogen-bond acceptors (Lipinski definition) is 11. The van der Waals surface area contributed by atoms with Gasteiger partial charge in [0, 0.05) is 95.4 Å². The van der Waals surface area contributed by atoms with Crippen molar-refractivity contribution in [3.63, 3.8) is 0 Å². The summed E-state index contributed by atoms with van der Waals surface area (Å²) in [5.41, 5.74) is 2.35. The van der Waals surface area contributed by atoms with Gasteiger partial charge in [0.1, 0.15) is 11.9 Å². The molecule has 1 aliphatic carbocycles. The molecule has 0 unspecified atom stereocenters. The molecule has 3 aliphatic heterocycles. The van der Waals surface area contributed by atoms with Gasteiger partial charge in [0.2, 0.25) is 31.9 Å². The molecule has 5 N–H and O–H groups in total. The van der Waals surface area contributed by atoms with E-state index < -0.39 is 20.0 Å². The Kier molecular flexibility index (Phi) is 16.4. The van der Waals surface area contributed by atoms with Crippen molar-refractivity contribution in [3.8, 4) is 11.8 Å². The highest BCUT2D eigenvalue weighted by molar-refractivity contribution is 7.89. The van der Waals surface area contributed by atoms with Crippen molar-refractivity contribution < 1.29 is 36.0 Å². The normalized spacial score (nSPS) is 19.9. The molecule has 20 heteroatoms. The van der Waals surface area contributed by atoms with E-state index in [0.717, 1.165) is 37.3 Å². The molecule has 0 aromatic heterocycles. The summed E-state index contributed by atoms with van der Waals surface area (Å²) < 4.78 is 64.2. The summed E-state index contributed by atoms with van der Waals surface area (Å²) in [7, 11) is -7.47. The number of nitrogens with one attached hydrogen (secondary N) is 5. The molecule has 3 fully saturated rings. The third-order valence-electron chi connectivity index (χ3n) is 12.6. The SMILES string of the molecule is N#Cc1cc(Cl)cc2c1C[C@H](N1CCNCC1)[C@H]2Oc1ccc(S(=O)(=O)NC2CCN(C(=O)CCCNC(=O)NCCCC(=O)N3CCC(NS(=O)(=O)c4ccccc4)CC3)CC2)cc1. The average Bonchev–Trinajstić information content (AvgIpc) is 3.67. The lowest BCUT2D eigenvalue weighted by molar-refractivity contribution is -0.133. The summed E-state index contributed by atoms with van der Waals surface area (Å²) in [5, 5.41) is 19.2. The van der Waals surface area contributed by atoms with Crippen LogP contribution in [0.25, 0.3) is 0 Å². The molecule has 7 rings (SSSR count). The van der Waals surface area contributed by atoms with E-state index in [2.05, 4.69) is 36.4 Å². The molecule has 2 atom stereocenters. The predicted molar refractivity (Wildman–Crippen MR) is 244 cm³/mol. The van der Waals surface area contributed by atoms with E-state index in [9.17, 15) is 36.5 Å². The number of piperidine rings is 2. The molecule has 3 saturated heterocycles. The Morgan fingerprint density at radius 3 is 1.78 bits per heavy atom. The molecule has 17 nitrogen and oxygen atoms in total. The van der Waals surface area contributed by atoms with Gasteiger partial charge < -0.3 is 30.5 Å². The zero-order valence-electron chi connectivity index (χ0n) is 36.3. The van der Waals surface area contributed by atoms with Crippen LogP contribution in [-0.4, -0.2) is 133 Å². The van der Waals surface area contributed by atoms with Crippen molar-refractivity contribution >= 4 is 49.5 Å². The van der Waals surface area contributed by atoms with Crippen LogP contribution in [0.1, 0.15) is 74.2 Å². The number of nitriles is 1. The number of sulfonamides is 2.